The van der Waals surface area contributed by atoms with Crippen LogP contribution in [-0.4, -0.2) is 35.0 Å². The summed E-state index contributed by atoms with van der Waals surface area (Å²) in [6, 6.07) is 9.55. The first-order valence-corrected chi connectivity index (χ1v) is 8.91. The number of hydrogen-bond acceptors (Lipinski definition) is 4. The number of nitrogens with zero attached hydrogens (tertiary/aromatic N) is 1. The molecule has 1 heterocycles. The normalized spacial score (nSPS) is 19.7. The van der Waals surface area contributed by atoms with Gasteiger partial charge in [-0.2, -0.15) is 0 Å². The molecule has 1 aromatic rings. The highest BCUT2D eigenvalue weighted by Gasteiger charge is 2.58. The Bertz CT molecular complexity index is 528. The second-order valence-corrected chi connectivity index (χ2v) is 6.45. The fourth-order valence-corrected chi connectivity index (χ4v) is 4.37. The lowest BCUT2D eigenvalue weighted by molar-refractivity contribution is -0.171. The van der Waals surface area contributed by atoms with Crippen LogP contribution in [0.3, 0.4) is 0 Å². The van der Waals surface area contributed by atoms with Gasteiger partial charge >= 0.3 is 5.97 Å². The highest BCUT2D eigenvalue weighted by Crippen LogP contribution is 2.49. The van der Waals surface area contributed by atoms with Crippen molar-refractivity contribution >= 4 is 23.6 Å². The van der Waals surface area contributed by atoms with E-state index in [-0.39, 0.29) is 35.8 Å². The van der Waals surface area contributed by atoms with Gasteiger partial charge in [0.1, 0.15) is 13.2 Å². The van der Waals surface area contributed by atoms with Gasteiger partial charge in [0.05, 0.1) is 10.8 Å². The zero-order chi connectivity index (χ0) is 16.2. The van der Waals surface area contributed by atoms with E-state index in [0.717, 1.165) is 18.4 Å². The number of benzene rings is 1. The summed E-state index contributed by atoms with van der Waals surface area (Å²) in [5.41, 5.74) is 0.641. The van der Waals surface area contributed by atoms with Gasteiger partial charge in [-0.3, -0.25) is 9.59 Å². The first-order valence-electron chi connectivity index (χ1n) is 7.62. The number of hydrogen-bond donors (Lipinski definition) is 0. The van der Waals surface area contributed by atoms with E-state index in [1.807, 2.05) is 50.4 Å². The molecule has 0 radical (unpaired) electrons. The van der Waals surface area contributed by atoms with Crippen molar-refractivity contribution in [3.8, 4) is 0 Å². The van der Waals surface area contributed by atoms with Crippen LogP contribution in [0.1, 0.15) is 32.3 Å². The molecule has 0 bridgehead atoms. The highest BCUT2D eigenvalue weighted by atomic mass is 32.2. The SMILES string of the molecule is CCC1(CC)C(=O)N(CC(=O)OCc2ccccc2)C1SC. The van der Waals surface area contributed by atoms with Crippen molar-refractivity contribution in [1.82, 2.24) is 4.90 Å². The molecular weight excluding hydrogens is 298 g/mol. The molecule has 120 valence electrons. The predicted octanol–water partition coefficient (Wildman–Crippen LogP) is 3.07. The quantitative estimate of drug-likeness (QED) is 0.572. The van der Waals surface area contributed by atoms with Crippen LogP contribution in [0, 0.1) is 5.41 Å². The number of ether oxygens (including phenoxy) is 1. The van der Waals surface area contributed by atoms with Crippen molar-refractivity contribution in [3.63, 3.8) is 0 Å². The minimum Gasteiger partial charge on any atom is -0.459 e. The Morgan fingerprint density at radius 3 is 2.45 bits per heavy atom. The summed E-state index contributed by atoms with van der Waals surface area (Å²) in [6.45, 7) is 4.36. The Morgan fingerprint density at radius 2 is 1.91 bits per heavy atom. The van der Waals surface area contributed by atoms with E-state index in [0.29, 0.717) is 0 Å². The molecule has 0 aliphatic carbocycles. The molecule has 1 aliphatic rings. The molecular formula is C17H23NO3S. The van der Waals surface area contributed by atoms with E-state index in [4.69, 9.17) is 4.74 Å². The van der Waals surface area contributed by atoms with Crippen LogP contribution in [0.2, 0.25) is 0 Å². The second kappa shape index (κ2) is 7.18. The fraction of sp³-hybridized carbons (Fsp3) is 0.529. The fourth-order valence-electron chi connectivity index (χ4n) is 3.06. The number of rotatable bonds is 7. The second-order valence-electron chi connectivity index (χ2n) is 5.53. The van der Waals surface area contributed by atoms with Crippen molar-refractivity contribution in [3.05, 3.63) is 35.9 Å². The molecule has 1 unspecified atom stereocenters. The third kappa shape index (κ3) is 3.00. The third-order valence-corrected chi connectivity index (χ3v) is 5.62. The van der Waals surface area contributed by atoms with E-state index in [9.17, 15) is 9.59 Å². The standard InChI is InChI=1S/C17H23NO3S/c1-4-17(5-2)15(20)18(16(17)22-3)11-14(19)21-12-13-9-7-6-8-10-13/h6-10,16H,4-5,11-12H2,1-3H3. The van der Waals surface area contributed by atoms with Crippen molar-refractivity contribution in [1.29, 1.82) is 0 Å². The largest absolute Gasteiger partial charge is 0.459 e. The molecule has 0 saturated carbocycles. The van der Waals surface area contributed by atoms with Crippen LogP contribution in [0.5, 0.6) is 0 Å². The predicted molar refractivity (Wildman–Crippen MR) is 88.3 cm³/mol. The maximum absolute atomic E-state index is 12.4. The third-order valence-electron chi connectivity index (χ3n) is 4.47. The lowest BCUT2D eigenvalue weighted by Gasteiger charge is -2.54. The lowest BCUT2D eigenvalue weighted by atomic mass is 9.73. The van der Waals surface area contributed by atoms with E-state index in [1.165, 1.54) is 0 Å². The number of β-lactam (4-membered cyclic amide) rings is 1. The van der Waals surface area contributed by atoms with Crippen LogP contribution >= 0.6 is 11.8 Å². The monoisotopic (exact) mass is 321 g/mol. The topological polar surface area (TPSA) is 46.6 Å². The maximum Gasteiger partial charge on any atom is 0.326 e. The Hall–Kier alpha value is -1.49. The van der Waals surface area contributed by atoms with Crippen molar-refractivity contribution in [2.75, 3.05) is 12.8 Å². The Balaban J connectivity index is 1.91. The molecule has 4 nitrogen and oxygen atoms in total. The van der Waals surface area contributed by atoms with Gasteiger partial charge in [0.2, 0.25) is 5.91 Å². The van der Waals surface area contributed by atoms with Gasteiger partial charge in [-0.1, -0.05) is 44.2 Å². The number of thioether (sulfide) groups is 1. The molecule has 0 N–H and O–H groups in total. The van der Waals surface area contributed by atoms with Gasteiger partial charge in [0.25, 0.3) is 0 Å². The molecule has 1 fully saturated rings. The summed E-state index contributed by atoms with van der Waals surface area (Å²) in [4.78, 5) is 26.1. The Labute approximate surface area is 136 Å². The van der Waals surface area contributed by atoms with Gasteiger partial charge in [-0.25, -0.2) is 0 Å². The molecule has 0 aromatic heterocycles. The zero-order valence-electron chi connectivity index (χ0n) is 13.4. The molecule has 2 rings (SSSR count). The number of amides is 1. The van der Waals surface area contributed by atoms with Gasteiger partial charge < -0.3 is 9.64 Å². The summed E-state index contributed by atoms with van der Waals surface area (Å²) in [6.07, 6.45) is 3.60. The first-order chi connectivity index (χ1) is 10.6. The first kappa shape index (κ1) is 16.9. The van der Waals surface area contributed by atoms with E-state index in [1.54, 1.807) is 16.7 Å². The summed E-state index contributed by atoms with van der Waals surface area (Å²) < 4.78 is 5.27. The molecule has 1 aromatic carbocycles. The Morgan fingerprint density at radius 1 is 1.27 bits per heavy atom. The van der Waals surface area contributed by atoms with E-state index >= 15 is 0 Å². The van der Waals surface area contributed by atoms with Crippen LogP contribution in [0.15, 0.2) is 30.3 Å². The smallest absolute Gasteiger partial charge is 0.326 e. The molecule has 5 heteroatoms. The molecule has 22 heavy (non-hydrogen) atoms. The van der Waals surface area contributed by atoms with Crippen LogP contribution in [0.25, 0.3) is 0 Å². The number of carbonyl (C=O) groups excluding carboxylic acids is 2. The van der Waals surface area contributed by atoms with Crippen molar-refractivity contribution < 1.29 is 14.3 Å². The summed E-state index contributed by atoms with van der Waals surface area (Å²) >= 11 is 1.63. The van der Waals surface area contributed by atoms with Gasteiger partial charge in [-0.05, 0) is 24.7 Å². The molecule has 1 saturated heterocycles. The van der Waals surface area contributed by atoms with E-state index in [2.05, 4.69) is 0 Å². The molecule has 1 amide bonds. The van der Waals surface area contributed by atoms with E-state index < -0.39 is 0 Å². The minimum absolute atomic E-state index is 0.0406. The molecule has 0 spiro atoms. The van der Waals surface area contributed by atoms with Crippen LogP contribution in [0.4, 0.5) is 0 Å². The summed E-state index contributed by atoms with van der Waals surface area (Å²) in [5, 5.41) is 0.0688. The van der Waals surface area contributed by atoms with Crippen molar-refractivity contribution in [2.45, 2.75) is 38.7 Å². The average molecular weight is 321 g/mol. The molecule has 1 aliphatic heterocycles. The lowest BCUT2D eigenvalue weighted by Crippen LogP contribution is -2.68. The van der Waals surface area contributed by atoms with Crippen LogP contribution in [-0.2, 0) is 20.9 Å². The van der Waals surface area contributed by atoms with Gasteiger partial charge in [-0.15, -0.1) is 11.8 Å². The minimum atomic E-state index is -0.350. The Kier molecular flexibility index (Phi) is 5.51. The molecule has 1 atom stereocenters. The van der Waals surface area contributed by atoms with Crippen molar-refractivity contribution in [2.24, 2.45) is 5.41 Å². The zero-order valence-corrected chi connectivity index (χ0v) is 14.2. The number of esters is 1. The van der Waals surface area contributed by atoms with Gasteiger partial charge in [0, 0.05) is 0 Å². The number of likely N-dealkylation sites (tertiary alicyclic amines) is 1. The maximum atomic E-state index is 12.4. The summed E-state index contributed by atoms with van der Waals surface area (Å²) in [5.74, 6) is -0.273. The van der Waals surface area contributed by atoms with Crippen LogP contribution < -0.4 is 0 Å². The average Bonchev–Trinajstić information content (AvgIpc) is 2.56. The highest BCUT2D eigenvalue weighted by molar-refractivity contribution is 7.99. The summed E-state index contributed by atoms with van der Waals surface area (Å²) in [7, 11) is 0. The van der Waals surface area contributed by atoms with Gasteiger partial charge in [0.15, 0.2) is 0 Å². The number of carbonyl (C=O) groups is 2.